The Morgan fingerprint density at radius 3 is 2.52 bits per heavy atom. The van der Waals surface area contributed by atoms with Gasteiger partial charge in [-0.1, -0.05) is 19.4 Å². The molecule has 0 aromatic carbocycles. The first-order chi connectivity index (χ1) is 13.6. The second-order valence-electron chi connectivity index (χ2n) is 10.1. The van der Waals surface area contributed by atoms with Crippen LogP contribution in [0.15, 0.2) is 11.6 Å². The Kier molecular flexibility index (Phi) is 5.26. The molecular weight excluding hydrogens is 388 g/mol. The lowest BCUT2D eigenvalue weighted by atomic mass is 9.46. The standard InChI is InChI=1S/C23H32O5S/c1-21-8-5-15(24)11-14(21)3-4-16-17(21)6-9-22(2)18(16)7-10-23(22,28)19(25)12-29-13-20(26)27/h11,16-18,28H,3-10,12-13H2,1-2H3,(H,26,27)/t16-,17-,18+,21+,22-,23+/m0/s1. The SMILES string of the molecule is C[C@]12CC[C@H]3[C@H](CCC4=CC(=O)CC[C@]43C)[C@H]1CC[C@@]2(O)C(=O)CSCC(=O)O. The van der Waals surface area contributed by atoms with Gasteiger partial charge < -0.3 is 10.2 Å². The van der Waals surface area contributed by atoms with Gasteiger partial charge >= 0.3 is 5.97 Å². The van der Waals surface area contributed by atoms with Crippen molar-refractivity contribution in [2.45, 2.75) is 70.8 Å². The van der Waals surface area contributed by atoms with Crippen LogP contribution in [0.25, 0.3) is 0 Å². The van der Waals surface area contributed by atoms with E-state index in [1.807, 2.05) is 6.08 Å². The molecule has 5 nitrogen and oxygen atoms in total. The number of rotatable bonds is 5. The smallest absolute Gasteiger partial charge is 0.313 e. The number of hydrogen-bond donors (Lipinski definition) is 2. The fourth-order valence-corrected chi connectivity index (χ4v) is 8.08. The van der Waals surface area contributed by atoms with E-state index >= 15 is 0 Å². The molecule has 3 saturated carbocycles. The summed E-state index contributed by atoms with van der Waals surface area (Å²) in [7, 11) is 0. The van der Waals surface area contributed by atoms with Crippen LogP contribution in [0, 0.1) is 28.6 Å². The summed E-state index contributed by atoms with van der Waals surface area (Å²) in [5.41, 5.74) is -0.363. The number of aliphatic carboxylic acids is 1. The van der Waals surface area contributed by atoms with Crippen LogP contribution in [0.2, 0.25) is 0 Å². The van der Waals surface area contributed by atoms with E-state index in [0.29, 0.717) is 30.6 Å². The minimum atomic E-state index is -1.34. The van der Waals surface area contributed by atoms with Crippen molar-refractivity contribution < 1.29 is 24.6 Å². The highest BCUT2D eigenvalue weighted by Crippen LogP contribution is 2.67. The molecule has 29 heavy (non-hydrogen) atoms. The Labute approximate surface area is 176 Å². The number of aliphatic hydroxyl groups is 1. The van der Waals surface area contributed by atoms with Crippen LogP contribution < -0.4 is 0 Å². The predicted octanol–water partition coefficient (Wildman–Crippen LogP) is 3.64. The van der Waals surface area contributed by atoms with Gasteiger partial charge in [-0.2, -0.15) is 0 Å². The van der Waals surface area contributed by atoms with Gasteiger partial charge in [0.1, 0.15) is 5.60 Å². The van der Waals surface area contributed by atoms with Crippen molar-refractivity contribution >= 4 is 29.3 Å². The number of Topliss-reactive ketones (excluding diaryl/α,β-unsaturated/α-hetero) is 1. The zero-order valence-electron chi connectivity index (χ0n) is 17.4. The first-order valence-corrected chi connectivity index (χ1v) is 12.1. The largest absolute Gasteiger partial charge is 0.481 e. The summed E-state index contributed by atoms with van der Waals surface area (Å²) in [5, 5.41) is 20.4. The Morgan fingerprint density at radius 1 is 1.07 bits per heavy atom. The number of carboxylic acids is 1. The molecule has 2 N–H and O–H groups in total. The van der Waals surface area contributed by atoms with Crippen LogP contribution in [0.1, 0.15) is 65.2 Å². The third-order valence-corrected chi connectivity index (χ3v) is 9.95. The highest BCUT2D eigenvalue weighted by atomic mass is 32.2. The summed E-state index contributed by atoms with van der Waals surface area (Å²) >= 11 is 1.08. The molecule has 4 aliphatic carbocycles. The number of fused-ring (bicyclic) bond motifs is 5. The van der Waals surface area contributed by atoms with Crippen molar-refractivity contribution in [3.63, 3.8) is 0 Å². The van der Waals surface area contributed by atoms with E-state index in [1.54, 1.807) is 0 Å². The van der Waals surface area contributed by atoms with Gasteiger partial charge in [0, 0.05) is 11.8 Å². The number of carbonyl (C=O) groups excluding carboxylic acids is 2. The molecule has 6 heteroatoms. The number of hydrogen-bond acceptors (Lipinski definition) is 5. The summed E-state index contributed by atoms with van der Waals surface area (Å²) in [6, 6.07) is 0. The van der Waals surface area contributed by atoms with Crippen LogP contribution in [0.5, 0.6) is 0 Å². The van der Waals surface area contributed by atoms with Gasteiger partial charge in [0.2, 0.25) is 0 Å². The first-order valence-electron chi connectivity index (χ1n) is 10.9. The van der Waals surface area contributed by atoms with Crippen molar-refractivity contribution in [3.8, 4) is 0 Å². The van der Waals surface area contributed by atoms with Gasteiger partial charge in [0.05, 0.1) is 11.5 Å². The Morgan fingerprint density at radius 2 is 1.79 bits per heavy atom. The molecule has 0 aromatic rings. The van der Waals surface area contributed by atoms with Gasteiger partial charge in [-0.3, -0.25) is 14.4 Å². The Hall–Kier alpha value is -1.14. The van der Waals surface area contributed by atoms with E-state index in [-0.39, 0.29) is 28.5 Å². The molecule has 0 amide bonds. The van der Waals surface area contributed by atoms with Crippen molar-refractivity contribution in [3.05, 3.63) is 11.6 Å². The second-order valence-corrected chi connectivity index (χ2v) is 11.1. The normalized spacial score (nSPS) is 43.8. The van der Waals surface area contributed by atoms with Crippen LogP contribution in [-0.4, -0.2) is 44.9 Å². The lowest BCUT2D eigenvalue weighted by Gasteiger charge is -2.58. The molecule has 0 radical (unpaired) electrons. The van der Waals surface area contributed by atoms with Gasteiger partial charge in [-0.25, -0.2) is 0 Å². The monoisotopic (exact) mass is 420 g/mol. The molecule has 6 atom stereocenters. The third-order valence-electron chi connectivity index (χ3n) is 9.03. The quantitative estimate of drug-likeness (QED) is 0.706. The molecule has 0 aromatic heterocycles. The average Bonchev–Trinajstić information content (AvgIpc) is 2.94. The number of carbonyl (C=O) groups is 3. The zero-order chi connectivity index (χ0) is 21.0. The average molecular weight is 421 g/mol. The first kappa shape index (κ1) is 21.1. The summed E-state index contributed by atoms with van der Waals surface area (Å²) in [6.07, 6.45) is 8.61. The topological polar surface area (TPSA) is 91.7 Å². The van der Waals surface area contributed by atoms with E-state index in [2.05, 4.69) is 13.8 Å². The Balaban J connectivity index is 1.56. The summed E-state index contributed by atoms with van der Waals surface area (Å²) < 4.78 is 0. The molecule has 0 heterocycles. The van der Waals surface area contributed by atoms with E-state index in [9.17, 15) is 19.5 Å². The summed E-state index contributed by atoms with van der Waals surface area (Å²) in [5.74, 6) is 0.399. The van der Waals surface area contributed by atoms with Crippen LogP contribution >= 0.6 is 11.8 Å². The predicted molar refractivity (Wildman–Crippen MR) is 112 cm³/mol. The molecule has 0 unspecified atom stereocenters. The van der Waals surface area contributed by atoms with E-state index in [4.69, 9.17) is 5.11 Å². The zero-order valence-corrected chi connectivity index (χ0v) is 18.2. The molecule has 4 aliphatic rings. The third kappa shape index (κ3) is 3.13. The highest BCUT2D eigenvalue weighted by molar-refractivity contribution is 8.00. The Bertz CT molecular complexity index is 775. The van der Waals surface area contributed by atoms with Gasteiger partial charge in [0.15, 0.2) is 11.6 Å². The molecule has 0 spiro atoms. The summed E-state index contributed by atoms with van der Waals surface area (Å²) in [6.45, 7) is 4.43. The highest BCUT2D eigenvalue weighted by Gasteiger charge is 2.65. The van der Waals surface area contributed by atoms with E-state index < -0.39 is 17.0 Å². The maximum Gasteiger partial charge on any atom is 0.313 e. The van der Waals surface area contributed by atoms with Gasteiger partial charge in [-0.15, -0.1) is 11.8 Å². The maximum absolute atomic E-state index is 13.0. The number of ketones is 2. The summed E-state index contributed by atoms with van der Waals surface area (Å²) in [4.78, 5) is 35.7. The molecule has 0 saturated heterocycles. The van der Waals surface area contributed by atoms with Gasteiger partial charge in [-0.05, 0) is 74.2 Å². The molecular formula is C23H32O5S. The van der Waals surface area contributed by atoms with Crippen LogP contribution in [0.4, 0.5) is 0 Å². The number of carboxylic acid groups (broad SMARTS) is 1. The van der Waals surface area contributed by atoms with E-state index in [0.717, 1.165) is 50.3 Å². The van der Waals surface area contributed by atoms with Crippen molar-refractivity contribution in [2.75, 3.05) is 11.5 Å². The molecule has 0 aliphatic heterocycles. The van der Waals surface area contributed by atoms with Crippen LogP contribution in [0.3, 0.4) is 0 Å². The van der Waals surface area contributed by atoms with Crippen molar-refractivity contribution in [1.82, 2.24) is 0 Å². The lowest BCUT2D eigenvalue weighted by molar-refractivity contribution is -0.159. The number of allylic oxidation sites excluding steroid dienone is 1. The van der Waals surface area contributed by atoms with Crippen LogP contribution in [-0.2, 0) is 14.4 Å². The fourth-order valence-electron chi connectivity index (χ4n) is 7.38. The molecule has 3 fully saturated rings. The number of thioether (sulfide) groups is 1. The minimum absolute atomic E-state index is 0.0614. The van der Waals surface area contributed by atoms with Crippen molar-refractivity contribution in [2.24, 2.45) is 28.6 Å². The molecule has 4 rings (SSSR count). The van der Waals surface area contributed by atoms with Crippen molar-refractivity contribution in [1.29, 1.82) is 0 Å². The van der Waals surface area contributed by atoms with E-state index in [1.165, 1.54) is 5.57 Å². The fraction of sp³-hybridized carbons (Fsp3) is 0.783. The maximum atomic E-state index is 13.0. The molecule has 160 valence electrons. The lowest BCUT2D eigenvalue weighted by Crippen LogP contribution is -2.58. The second kappa shape index (κ2) is 7.23. The molecule has 0 bridgehead atoms. The van der Waals surface area contributed by atoms with Gasteiger partial charge in [0.25, 0.3) is 0 Å². The minimum Gasteiger partial charge on any atom is -0.481 e.